The average molecular weight is 769 g/mol. The first-order valence-corrected chi connectivity index (χ1v) is 18.6. The van der Waals surface area contributed by atoms with Gasteiger partial charge in [0.25, 0.3) is 17.7 Å². The summed E-state index contributed by atoms with van der Waals surface area (Å²) in [4.78, 5) is 87.4. The van der Waals surface area contributed by atoms with E-state index < -0.39 is 89.4 Å². The Balaban J connectivity index is 1.32. The van der Waals surface area contributed by atoms with Crippen LogP contribution in [0.25, 0.3) is 0 Å². The molecule has 0 spiro atoms. The number of fused-ring (bicyclic) bond motifs is 8. The van der Waals surface area contributed by atoms with Crippen LogP contribution in [-0.2, 0) is 39.1 Å². The lowest BCUT2D eigenvalue weighted by Gasteiger charge is -2.42. The number of methoxy groups -OCH3 is 1. The lowest BCUT2D eigenvalue weighted by molar-refractivity contribution is -0.159. The molecule has 1 aromatic carbocycles. The van der Waals surface area contributed by atoms with Gasteiger partial charge in [-0.1, -0.05) is 31.5 Å². The minimum atomic E-state index is -1.74. The van der Waals surface area contributed by atoms with E-state index in [-0.39, 0.29) is 25.0 Å². The lowest BCUT2D eigenvalue weighted by Crippen LogP contribution is -2.67. The van der Waals surface area contributed by atoms with E-state index >= 15 is 0 Å². The number of carbonyl (C=O) groups excluding carboxylic acids is 6. The molecule has 4 fully saturated rings. The fraction of sp³-hybridized carbons (Fsp3) is 0.571. The molecule has 6 amide bonds. The average Bonchev–Trinajstić information content (AvgIpc) is 3.62. The van der Waals surface area contributed by atoms with Crippen molar-refractivity contribution in [2.45, 2.75) is 101 Å². The summed E-state index contributed by atoms with van der Waals surface area (Å²) in [6, 6.07) is -2.42. The summed E-state index contributed by atoms with van der Waals surface area (Å²) in [5, 5.41) is 28.9. The molecule has 0 aliphatic carbocycles. The van der Waals surface area contributed by atoms with Crippen LogP contribution in [0.3, 0.4) is 0 Å². The van der Waals surface area contributed by atoms with E-state index in [0.29, 0.717) is 42.2 Å². The summed E-state index contributed by atoms with van der Waals surface area (Å²) >= 11 is 6.28. The van der Waals surface area contributed by atoms with E-state index in [1.165, 1.54) is 36.2 Å². The molecular formula is C35H45ClN10O8. The number of amides is 6. The highest BCUT2D eigenvalue weighted by molar-refractivity contribution is 6.31. The van der Waals surface area contributed by atoms with Gasteiger partial charge in [0.2, 0.25) is 17.7 Å². The number of rotatable bonds is 2. The van der Waals surface area contributed by atoms with Crippen LogP contribution < -0.4 is 26.8 Å². The van der Waals surface area contributed by atoms with Gasteiger partial charge in [-0.3, -0.25) is 38.8 Å². The second-order valence-electron chi connectivity index (χ2n) is 14.8. The fourth-order valence-electron chi connectivity index (χ4n) is 8.19. The maximum absolute atomic E-state index is 14.9. The van der Waals surface area contributed by atoms with E-state index in [1.54, 1.807) is 32.0 Å². The Hall–Kier alpha value is -4.78. The van der Waals surface area contributed by atoms with E-state index in [9.17, 15) is 33.9 Å². The molecule has 19 heteroatoms. The molecule has 0 bridgehead atoms. The summed E-state index contributed by atoms with van der Waals surface area (Å²) in [6.07, 6.45) is 2.74. The number of hydrazine groups is 2. The Morgan fingerprint density at radius 3 is 2.22 bits per heavy atom. The van der Waals surface area contributed by atoms with Crippen LogP contribution in [0.5, 0.6) is 0 Å². The third-order valence-electron chi connectivity index (χ3n) is 11.0. The van der Waals surface area contributed by atoms with Crippen molar-refractivity contribution >= 4 is 58.9 Å². The third-order valence-corrected chi connectivity index (χ3v) is 11.2. The summed E-state index contributed by atoms with van der Waals surface area (Å²) in [6.45, 7) is 5.63. The molecule has 1 aromatic rings. The quantitative estimate of drug-likeness (QED) is 0.220. The Morgan fingerprint density at radius 2 is 1.56 bits per heavy atom. The SMILES string of the molecule is COC1=CC2C(=O)NC(C)C(=O)N3NCCCC3C(=O)N3C(CC4(O)c5ccc(Cl)cc5NC34)C(=O)NC(C(C)C)C(=O)N3NCCCC3C(=O)N2N=C1. The Kier molecular flexibility index (Phi) is 10.1. The zero-order valence-electron chi connectivity index (χ0n) is 30.4. The van der Waals surface area contributed by atoms with Crippen LogP contribution in [0.2, 0.25) is 5.02 Å². The van der Waals surface area contributed by atoms with E-state index in [2.05, 4.69) is 31.9 Å². The Bertz CT molecular complexity index is 1820. The number of carbonyl (C=O) groups is 6. The van der Waals surface area contributed by atoms with Crippen LogP contribution >= 0.6 is 11.6 Å². The van der Waals surface area contributed by atoms with Crippen molar-refractivity contribution in [2.75, 3.05) is 25.5 Å². The van der Waals surface area contributed by atoms with Crippen LogP contribution in [0.4, 0.5) is 5.69 Å². The fourth-order valence-corrected chi connectivity index (χ4v) is 8.36. The first-order chi connectivity index (χ1) is 25.7. The zero-order chi connectivity index (χ0) is 38.6. The van der Waals surface area contributed by atoms with Crippen molar-refractivity contribution in [3.05, 3.63) is 40.6 Å². The molecule has 18 nitrogen and oxygen atoms in total. The first kappa shape index (κ1) is 37.5. The maximum atomic E-state index is 14.9. The molecule has 8 atom stereocenters. The standard InChI is InChI=1S/C35H45ClN10O8/c1-17(2)27-33(52)45-24(8-6-12-38-45)32(51)46-25(14-20(54-4)16-39-46)28(47)40-18(3)30(49)44-23(7-5-11-37-44)31(50)43-26(29(48)42-27)15-35(53)21-10-9-19(36)13-22(21)41-34(35)43/h9-10,13-14,16-18,23-27,34,37-38,41,53H,5-8,11-12,15H2,1-4H3,(H,40,47)(H,42,48). The van der Waals surface area contributed by atoms with Gasteiger partial charge in [-0.25, -0.2) is 15.9 Å². The van der Waals surface area contributed by atoms with Gasteiger partial charge in [-0.15, -0.1) is 0 Å². The summed E-state index contributed by atoms with van der Waals surface area (Å²) in [5.41, 5.74) is 5.19. The van der Waals surface area contributed by atoms with Crippen molar-refractivity contribution in [3.63, 3.8) is 0 Å². The molecule has 6 aliphatic rings. The number of hydrogen-bond donors (Lipinski definition) is 6. The van der Waals surface area contributed by atoms with Gasteiger partial charge in [-0.2, -0.15) is 5.10 Å². The van der Waals surface area contributed by atoms with Crippen molar-refractivity contribution in [1.82, 2.24) is 41.4 Å². The number of ether oxygens (including phenoxy) is 1. The van der Waals surface area contributed by atoms with E-state index in [0.717, 1.165) is 10.0 Å². The Labute approximate surface area is 316 Å². The number of hydrogen-bond acceptors (Lipinski definition) is 12. The van der Waals surface area contributed by atoms with E-state index in [4.69, 9.17) is 16.3 Å². The number of hydrazone groups is 1. The maximum Gasteiger partial charge on any atom is 0.268 e. The second kappa shape index (κ2) is 14.5. The number of allylic oxidation sites excluding steroid dienone is 1. The highest BCUT2D eigenvalue weighted by atomic mass is 35.5. The van der Waals surface area contributed by atoms with Gasteiger partial charge in [0, 0.05) is 35.8 Å². The molecule has 6 aliphatic heterocycles. The van der Waals surface area contributed by atoms with Gasteiger partial charge in [0.1, 0.15) is 47.7 Å². The normalized spacial score (nSPS) is 33.3. The Morgan fingerprint density at radius 1 is 0.889 bits per heavy atom. The van der Waals surface area contributed by atoms with Crippen molar-refractivity contribution < 1.29 is 38.6 Å². The molecule has 290 valence electrons. The molecule has 0 saturated carbocycles. The first-order valence-electron chi connectivity index (χ1n) is 18.2. The second-order valence-corrected chi connectivity index (χ2v) is 15.2. The number of halogens is 1. The zero-order valence-corrected chi connectivity index (χ0v) is 31.1. The van der Waals surface area contributed by atoms with Crippen LogP contribution in [0.1, 0.15) is 58.4 Å². The smallest absolute Gasteiger partial charge is 0.268 e. The molecule has 4 saturated heterocycles. The molecular weight excluding hydrogens is 724 g/mol. The topological polar surface area (TPSA) is 217 Å². The van der Waals surface area contributed by atoms with Gasteiger partial charge in [0.05, 0.1) is 13.3 Å². The molecule has 0 aromatic heterocycles. The minimum Gasteiger partial charge on any atom is -0.495 e. The van der Waals surface area contributed by atoms with Crippen LogP contribution in [0, 0.1) is 5.92 Å². The number of benzene rings is 1. The number of anilines is 1. The summed E-state index contributed by atoms with van der Waals surface area (Å²) in [5.74, 6) is -4.28. The summed E-state index contributed by atoms with van der Waals surface area (Å²) in [7, 11) is 1.38. The predicted molar refractivity (Wildman–Crippen MR) is 192 cm³/mol. The number of nitrogens with zero attached hydrogens (tertiary/aromatic N) is 5. The highest BCUT2D eigenvalue weighted by Gasteiger charge is 2.62. The molecule has 6 N–H and O–H groups in total. The third kappa shape index (κ3) is 6.33. The minimum absolute atomic E-state index is 0.200. The van der Waals surface area contributed by atoms with Crippen LogP contribution in [-0.4, -0.2) is 129 Å². The monoisotopic (exact) mass is 768 g/mol. The van der Waals surface area contributed by atoms with Crippen LogP contribution in [0.15, 0.2) is 35.1 Å². The van der Waals surface area contributed by atoms with Crippen molar-refractivity contribution in [2.24, 2.45) is 11.0 Å². The van der Waals surface area contributed by atoms with Gasteiger partial charge >= 0.3 is 0 Å². The summed E-state index contributed by atoms with van der Waals surface area (Å²) < 4.78 is 5.31. The molecule has 7 rings (SSSR count). The molecule has 0 radical (unpaired) electrons. The molecule has 6 heterocycles. The van der Waals surface area contributed by atoms with Gasteiger partial charge in [-0.05, 0) is 56.7 Å². The predicted octanol–water partition coefficient (Wildman–Crippen LogP) is -0.743. The number of aliphatic hydroxyl groups is 1. The van der Waals surface area contributed by atoms with Crippen molar-refractivity contribution in [3.8, 4) is 0 Å². The van der Waals surface area contributed by atoms with E-state index in [1.807, 2.05) is 0 Å². The lowest BCUT2D eigenvalue weighted by atomic mass is 9.91. The molecule has 54 heavy (non-hydrogen) atoms. The highest BCUT2D eigenvalue weighted by Crippen LogP contribution is 2.50. The largest absolute Gasteiger partial charge is 0.495 e. The van der Waals surface area contributed by atoms with Gasteiger partial charge in [0.15, 0.2) is 6.04 Å². The van der Waals surface area contributed by atoms with Gasteiger partial charge < -0.3 is 30.7 Å². The van der Waals surface area contributed by atoms with Crippen molar-refractivity contribution in [1.29, 1.82) is 0 Å². The molecule has 8 unspecified atom stereocenters. The number of nitrogens with one attached hydrogen (secondary N) is 5.